The molecule has 0 saturated heterocycles. The summed E-state index contributed by atoms with van der Waals surface area (Å²) in [7, 11) is 0.808. The predicted molar refractivity (Wildman–Crippen MR) is 114 cm³/mol. The van der Waals surface area contributed by atoms with Crippen molar-refractivity contribution in [3.63, 3.8) is 0 Å². The van der Waals surface area contributed by atoms with E-state index in [9.17, 15) is 27.9 Å². The van der Waals surface area contributed by atoms with Crippen molar-refractivity contribution in [2.24, 2.45) is 11.3 Å². The lowest BCUT2D eigenvalue weighted by molar-refractivity contribution is -0.289. The van der Waals surface area contributed by atoms with Crippen molar-refractivity contribution >= 4 is 11.9 Å². The molecule has 3 aliphatic rings. The van der Waals surface area contributed by atoms with Gasteiger partial charge in [0.2, 0.25) is 0 Å². The van der Waals surface area contributed by atoms with Crippen LogP contribution in [-0.4, -0.2) is 48.1 Å². The third kappa shape index (κ3) is 3.31. The first-order valence-corrected chi connectivity index (χ1v) is 11.3. The zero-order valence-electron chi connectivity index (χ0n) is 19.6. The number of ether oxygens (including phenoxy) is 3. The molecule has 2 saturated carbocycles. The Hall–Kier alpha value is -2.39. The smallest absolute Gasteiger partial charge is 0.432 e. The molecule has 186 valence electrons. The minimum atomic E-state index is -5.12. The lowest BCUT2D eigenvalue weighted by Gasteiger charge is -2.59. The van der Waals surface area contributed by atoms with Crippen LogP contribution in [-0.2, 0) is 29.4 Å². The van der Waals surface area contributed by atoms with Gasteiger partial charge in [0.15, 0.2) is 0 Å². The molecule has 0 spiro atoms. The minimum Gasteiger partial charge on any atom is -0.457 e. The average Bonchev–Trinajstić information content (AvgIpc) is 3.03. The third-order valence-electron chi connectivity index (χ3n) is 8.37. The summed E-state index contributed by atoms with van der Waals surface area (Å²) in [6.45, 7) is 5.46. The number of fused-ring (bicyclic) bond motifs is 2. The van der Waals surface area contributed by atoms with Gasteiger partial charge in [-0.15, -0.1) is 0 Å². The number of rotatable bonds is 4. The van der Waals surface area contributed by atoms with Crippen LogP contribution < -0.4 is 0 Å². The molecular formula is C25H29F3O6. The van der Waals surface area contributed by atoms with Gasteiger partial charge in [-0.2, -0.15) is 13.2 Å². The molecule has 1 aromatic carbocycles. The summed E-state index contributed by atoms with van der Waals surface area (Å²) < 4.78 is 58.8. The summed E-state index contributed by atoms with van der Waals surface area (Å²) in [5.74, 6) is -2.13. The van der Waals surface area contributed by atoms with Crippen molar-refractivity contribution in [3.05, 3.63) is 47.0 Å². The number of carbonyl (C=O) groups is 2. The topological polar surface area (TPSA) is 82.1 Å². The minimum absolute atomic E-state index is 0.0340. The van der Waals surface area contributed by atoms with Crippen LogP contribution in [0.4, 0.5) is 13.2 Å². The van der Waals surface area contributed by atoms with Crippen LogP contribution in [0.3, 0.4) is 0 Å². The molecular weight excluding hydrogens is 453 g/mol. The Morgan fingerprint density at radius 1 is 1.21 bits per heavy atom. The van der Waals surface area contributed by atoms with Crippen molar-refractivity contribution < 1.29 is 42.1 Å². The second-order valence-corrected chi connectivity index (χ2v) is 9.89. The highest BCUT2D eigenvalue weighted by atomic mass is 19.4. The lowest BCUT2D eigenvalue weighted by Crippen LogP contribution is -2.66. The summed E-state index contributed by atoms with van der Waals surface area (Å²) in [5.41, 5.74) is -5.00. The van der Waals surface area contributed by atoms with Crippen LogP contribution in [0.5, 0.6) is 0 Å². The van der Waals surface area contributed by atoms with Crippen molar-refractivity contribution in [2.45, 2.75) is 76.0 Å². The second kappa shape index (κ2) is 8.09. The maximum atomic E-state index is 14.3. The summed E-state index contributed by atoms with van der Waals surface area (Å²) in [5, 5.41) is 11.9. The molecule has 4 rings (SSSR count). The number of benzene rings is 1. The SMILES string of the molecule is CO[C@](C(=O)O[C@@H]1CC[C@H](C)[C@@]2(C)CC3=C(C)C(=O)O[C@@H]3C[C@]12O)(c1ccccc1)C(F)(F)F. The number of carbonyl (C=O) groups excluding carboxylic acids is 2. The van der Waals surface area contributed by atoms with Gasteiger partial charge in [-0.25, -0.2) is 9.59 Å². The largest absolute Gasteiger partial charge is 0.457 e. The Morgan fingerprint density at radius 3 is 2.44 bits per heavy atom. The molecule has 2 aliphatic carbocycles. The molecule has 1 aliphatic heterocycles. The molecule has 1 N–H and O–H groups in total. The molecule has 0 unspecified atom stereocenters. The van der Waals surface area contributed by atoms with Crippen LogP contribution in [0.15, 0.2) is 41.5 Å². The molecule has 0 amide bonds. The molecule has 0 bridgehead atoms. The Bertz CT molecular complexity index is 1020. The third-order valence-corrected chi connectivity index (χ3v) is 8.37. The van der Waals surface area contributed by atoms with Gasteiger partial charge in [0.1, 0.15) is 17.8 Å². The maximum Gasteiger partial charge on any atom is 0.432 e. The standard InChI is InChI=1S/C25H29F3O6/c1-14-10-11-19(23(31)13-18-17(12-22(14,23)3)15(2)20(29)33-18)34-21(30)24(32-4,25(26,27)28)16-8-6-5-7-9-16/h5-9,14,18-19,31H,10-13H2,1-4H3/t14-,18+,19+,22+,23-,24-/m0/s1. The first kappa shape index (κ1) is 24.7. The zero-order chi connectivity index (χ0) is 25.1. The molecule has 6 atom stereocenters. The predicted octanol–water partition coefficient (Wildman–Crippen LogP) is 4.21. The fourth-order valence-electron chi connectivity index (χ4n) is 5.95. The number of alkyl halides is 3. The summed E-state index contributed by atoms with van der Waals surface area (Å²) in [4.78, 5) is 25.4. The first-order chi connectivity index (χ1) is 15.8. The van der Waals surface area contributed by atoms with E-state index in [1.54, 1.807) is 6.92 Å². The van der Waals surface area contributed by atoms with Crippen molar-refractivity contribution in [2.75, 3.05) is 7.11 Å². The summed E-state index contributed by atoms with van der Waals surface area (Å²) in [6.07, 6.45) is -6.07. The van der Waals surface area contributed by atoms with Gasteiger partial charge in [-0.1, -0.05) is 44.2 Å². The Morgan fingerprint density at radius 2 is 1.85 bits per heavy atom. The van der Waals surface area contributed by atoms with E-state index in [2.05, 4.69) is 0 Å². The molecule has 6 nitrogen and oxygen atoms in total. The number of aliphatic hydroxyl groups is 1. The van der Waals surface area contributed by atoms with Gasteiger partial charge < -0.3 is 19.3 Å². The highest BCUT2D eigenvalue weighted by Crippen LogP contribution is 2.60. The highest BCUT2D eigenvalue weighted by Gasteiger charge is 2.68. The molecule has 1 heterocycles. The second-order valence-electron chi connectivity index (χ2n) is 9.89. The first-order valence-electron chi connectivity index (χ1n) is 11.3. The van der Waals surface area contributed by atoms with Gasteiger partial charge >= 0.3 is 18.1 Å². The normalized spacial score (nSPS) is 35.2. The monoisotopic (exact) mass is 482 g/mol. The van der Waals surface area contributed by atoms with Crippen molar-refractivity contribution in [1.82, 2.24) is 0 Å². The van der Waals surface area contributed by atoms with E-state index in [4.69, 9.17) is 14.2 Å². The highest BCUT2D eigenvalue weighted by molar-refractivity contribution is 5.91. The number of halogens is 3. The molecule has 2 fully saturated rings. The molecule has 0 aromatic heterocycles. The molecule has 0 radical (unpaired) electrons. The summed E-state index contributed by atoms with van der Waals surface area (Å²) in [6, 6.07) is 6.58. The van der Waals surface area contributed by atoms with E-state index in [0.717, 1.165) is 24.8 Å². The van der Waals surface area contributed by atoms with Crippen LogP contribution in [0.25, 0.3) is 0 Å². The number of hydrogen-bond acceptors (Lipinski definition) is 6. The van der Waals surface area contributed by atoms with Crippen LogP contribution >= 0.6 is 0 Å². The van der Waals surface area contributed by atoms with Crippen LogP contribution in [0.1, 0.15) is 52.0 Å². The van der Waals surface area contributed by atoms with Crippen LogP contribution in [0, 0.1) is 11.3 Å². The molecule has 9 heteroatoms. The fraction of sp³-hybridized carbons (Fsp3) is 0.600. The fourth-order valence-corrected chi connectivity index (χ4v) is 5.95. The Balaban J connectivity index is 1.72. The van der Waals surface area contributed by atoms with Gasteiger partial charge in [-0.05, 0) is 37.7 Å². The zero-order valence-corrected chi connectivity index (χ0v) is 19.6. The van der Waals surface area contributed by atoms with Gasteiger partial charge in [0.05, 0.1) is 0 Å². The van der Waals surface area contributed by atoms with E-state index in [1.807, 2.05) is 13.8 Å². The number of methoxy groups -OCH3 is 1. The van der Waals surface area contributed by atoms with Gasteiger partial charge in [-0.3, -0.25) is 0 Å². The average molecular weight is 482 g/mol. The van der Waals surface area contributed by atoms with Gasteiger partial charge in [0, 0.05) is 30.1 Å². The maximum absolute atomic E-state index is 14.3. The Kier molecular flexibility index (Phi) is 5.88. The van der Waals surface area contributed by atoms with E-state index < -0.39 is 52.5 Å². The number of esters is 2. The quantitative estimate of drug-likeness (QED) is 0.648. The van der Waals surface area contributed by atoms with Gasteiger partial charge in [0.25, 0.3) is 5.60 Å². The number of hydrogen-bond donors (Lipinski definition) is 1. The molecule has 1 aromatic rings. The van der Waals surface area contributed by atoms with E-state index in [1.165, 1.54) is 18.2 Å². The summed E-state index contributed by atoms with van der Waals surface area (Å²) >= 11 is 0. The van der Waals surface area contributed by atoms with E-state index in [-0.39, 0.29) is 18.8 Å². The lowest BCUT2D eigenvalue weighted by atomic mass is 9.51. The van der Waals surface area contributed by atoms with Crippen molar-refractivity contribution in [1.29, 1.82) is 0 Å². The van der Waals surface area contributed by atoms with Crippen LogP contribution in [0.2, 0.25) is 0 Å². The Labute approximate surface area is 196 Å². The van der Waals surface area contributed by atoms with E-state index >= 15 is 0 Å². The van der Waals surface area contributed by atoms with Crippen molar-refractivity contribution in [3.8, 4) is 0 Å². The molecule has 34 heavy (non-hydrogen) atoms. The van der Waals surface area contributed by atoms with E-state index in [0.29, 0.717) is 18.4 Å².